The summed E-state index contributed by atoms with van der Waals surface area (Å²) >= 11 is 0. The Labute approximate surface area is 135 Å². The van der Waals surface area contributed by atoms with Gasteiger partial charge in [-0.2, -0.15) is 0 Å². The van der Waals surface area contributed by atoms with Crippen molar-refractivity contribution in [1.82, 2.24) is 10.5 Å². The summed E-state index contributed by atoms with van der Waals surface area (Å²) in [4.78, 5) is 0. The van der Waals surface area contributed by atoms with Crippen molar-refractivity contribution in [2.24, 2.45) is 11.8 Å². The van der Waals surface area contributed by atoms with Crippen LogP contribution >= 0.6 is 0 Å². The van der Waals surface area contributed by atoms with Gasteiger partial charge in [-0.3, -0.25) is 0 Å². The van der Waals surface area contributed by atoms with Crippen molar-refractivity contribution < 1.29 is 4.52 Å². The highest BCUT2D eigenvalue weighted by molar-refractivity contribution is 5.20. The lowest BCUT2D eigenvalue weighted by Crippen LogP contribution is -2.44. The van der Waals surface area contributed by atoms with Crippen molar-refractivity contribution in [3.63, 3.8) is 0 Å². The molecule has 3 nitrogen and oxygen atoms in total. The molecule has 1 aromatic rings. The first-order chi connectivity index (χ1) is 10.5. The summed E-state index contributed by atoms with van der Waals surface area (Å²) in [5.74, 6) is 2.42. The van der Waals surface area contributed by atoms with Gasteiger partial charge >= 0.3 is 0 Å². The van der Waals surface area contributed by atoms with E-state index in [2.05, 4.69) is 57.2 Å². The highest BCUT2D eigenvalue weighted by Crippen LogP contribution is 2.35. The van der Waals surface area contributed by atoms with Crippen LogP contribution in [0, 0.1) is 11.8 Å². The van der Waals surface area contributed by atoms with Crippen molar-refractivity contribution in [1.29, 1.82) is 0 Å². The van der Waals surface area contributed by atoms with Gasteiger partial charge in [0.05, 0.1) is 5.69 Å². The van der Waals surface area contributed by atoms with Crippen molar-refractivity contribution >= 4 is 0 Å². The molecule has 0 saturated carbocycles. The number of allylic oxidation sites excluding steroid dienone is 1. The summed E-state index contributed by atoms with van der Waals surface area (Å²) < 4.78 is 5.37. The number of hydrogen-bond acceptors (Lipinski definition) is 3. The van der Waals surface area contributed by atoms with Gasteiger partial charge in [-0.1, -0.05) is 44.5 Å². The maximum atomic E-state index is 5.37. The molecule has 2 rings (SSSR count). The average Bonchev–Trinajstić information content (AvgIpc) is 2.92. The molecule has 0 radical (unpaired) electrons. The van der Waals surface area contributed by atoms with Crippen molar-refractivity contribution in [2.75, 3.05) is 0 Å². The highest BCUT2D eigenvalue weighted by Gasteiger charge is 2.30. The van der Waals surface area contributed by atoms with Crippen LogP contribution in [0.1, 0.15) is 71.8 Å². The third kappa shape index (κ3) is 4.45. The SMILES string of the molecule is CCCc1cc(CNC2(C)C=C(C(C)CC)CC(C)C2)no1. The number of aromatic nitrogens is 1. The maximum absolute atomic E-state index is 5.37. The molecular formula is C19H32N2O. The van der Waals surface area contributed by atoms with E-state index in [1.807, 2.05) is 0 Å². The molecule has 0 amide bonds. The van der Waals surface area contributed by atoms with E-state index < -0.39 is 0 Å². The molecule has 3 heteroatoms. The fourth-order valence-electron chi connectivity index (χ4n) is 3.55. The molecule has 1 aliphatic rings. The largest absolute Gasteiger partial charge is 0.361 e. The lowest BCUT2D eigenvalue weighted by atomic mass is 9.75. The average molecular weight is 304 g/mol. The van der Waals surface area contributed by atoms with E-state index in [0.717, 1.165) is 36.8 Å². The topological polar surface area (TPSA) is 38.1 Å². The van der Waals surface area contributed by atoms with Crippen molar-refractivity contribution in [2.45, 2.75) is 78.8 Å². The second-order valence-electron chi connectivity index (χ2n) is 7.35. The van der Waals surface area contributed by atoms with Crippen LogP contribution in [0.25, 0.3) is 0 Å². The van der Waals surface area contributed by atoms with Crippen LogP contribution in [0.15, 0.2) is 22.2 Å². The molecule has 3 unspecified atom stereocenters. The number of hydrogen-bond donors (Lipinski definition) is 1. The molecule has 0 bridgehead atoms. The minimum atomic E-state index is 0.0697. The van der Waals surface area contributed by atoms with Gasteiger partial charge in [-0.25, -0.2) is 0 Å². The first-order valence-electron chi connectivity index (χ1n) is 8.87. The number of nitrogens with one attached hydrogen (secondary N) is 1. The van der Waals surface area contributed by atoms with Gasteiger partial charge < -0.3 is 9.84 Å². The standard InChI is InChI=1S/C19H32N2O/c1-6-8-18-10-17(21-22-18)13-20-19(5)11-14(3)9-16(12-19)15(4)7-2/h10,12,14-15,20H,6-9,11,13H2,1-5H3. The van der Waals surface area contributed by atoms with Crippen LogP contribution in [0.2, 0.25) is 0 Å². The maximum Gasteiger partial charge on any atom is 0.137 e. The molecule has 0 spiro atoms. The van der Waals surface area contributed by atoms with Gasteiger partial charge in [0.2, 0.25) is 0 Å². The van der Waals surface area contributed by atoms with E-state index in [1.165, 1.54) is 19.3 Å². The summed E-state index contributed by atoms with van der Waals surface area (Å²) in [6.45, 7) is 12.2. The van der Waals surface area contributed by atoms with E-state index in [0.29, 0.717) is 5.92 Å². The summed E-state index contributed by atoms with van der Waals surface area (Å²) in [6.07, 6.45) is 8.20. The molecule has 22 heavy (non-hydrogen) atoms. The zero-order valence-electron chi connectivity index (χ0n) is 14.9. The molecule has 1 aliphatic carbocycles. The first kappa shape index (κ1) is 17.3. The Balaban J connectivity index is 2.02. The molecule has 0 fully saturated rings. The third-order valence-corrected chi connectivity index (χ3v) is 4.88. The number of rotatable bonds is 7. The predicted octanol–water partition coefficient (Wildman–Crippen LogP) is 4.88. The zero-order valence-corrected chi connectivity index (χ0v) is 14.9. The molecular weight excluding hydrogens is 272 g/mol. The smallest absolute Gasteiger partial charge is 0.137 e. The van der Waals surface area contributed by atoms with Gasteiger partial charge in [0.15, 0.2) is 0 Å². The highest BCUT2D eigenvalue weighted by atomic mass is 16.5. The second kappa shape index (κ2) is 7.45. The van der Waals surface area contributed by atoms with Crippen LogP contribution < -0.4 is 5.32 Å². The number of aryl methyl sites for hydroxylation is 1. The molecule has 0 saturated heterocycles. The molecule has 3 atom stereocenters. The molecule has 0 aromatic carbocycles. The Morgan fingerprint density at radius 1 is 1.45 bits per heavy atom. The Morgan fingerprint density at radius 2 is 2.23 bits per heavy atom. The van der Waals surface area contributed by atoms with Crippen molar-refractivity contribution in [3.05, 3.63) is 29.2 Å². The lowest BCUT2D eigenvalue weighted by Gasteiger charge is -2.37. The van der Waals surface area contributed by atoms with Gasteiger partial charge in [-0.05, 0) is 44.4 Å². The molecule has 1 aromatic heterocycles. The minimum absolute atomic E-state index is 0.0697. The van der Waals surface area contributed by atoms with E-state index in [-0.39, 0.29) is 5.54 Å². The summed E-state index contributed by atoms with van der Waals surface area (Å²) in [6, 6.07) is 2.09. The second-order valence-corrected chi connectivity index (χ2v) is 7.35. The van der Waals surface area contributed by atoms with Crippen LogP contribution in [0.4, 0.5) is 0 Å². The summed E-state index contributed by atoms with van der Waals surface area (Å²) in [7, 11) is 0. The Morgan fingerprint density at radius 3 is 2.91 bits per heavy atom. The number of nitrogens with zero attached hydrogens (tertiary/aromatic N) is 1. The Hall–Kier alpha value is -1.09. The summed E-state index contributed by atoms with van der Waals surface area (Å²) in [5, 5.41) is 7.89. The molecule has 1 N–H and O–H groups in total. The molecule has 1 heterocycles. The van der Waals surface area contributed by atoms with Gasteiger partial charge in [0.1, 0.15) is 5.76 Å². The first-order valence-corrected chi connectivity index (χ1v) is 8.87. The molecule has 124 valence electrons. The monoisotopic (exact) mass is 304 g/mol. The quantitative estimate of drug-likeness (QED) is 0.730. The van der Waals surface area contributed by atoms with Gasteiger partial charge in [-0.15, -0.1) is 0 Å². The van der Waals surface area contributed by atoms with Crippen LogP contribution in [0.3, 0.4) is 0 Å². The van der Waals surface area contributed by atoms with Crippen LogP contribution in [-0.4, -0.2) is 10.7 Å². The third-order valence-electron chi connectivity index (χ3n) is 4.88. The molecule has 0 aliphatic heterocycles. The van der Waals surface area contributed by atoms with Crippen LogP contribution in [-0.2, 0) is 13.0 Å². The Kier molecular flexibility index (Phi) is 5.85. The normalized spacial score (nSPS) is 26.8. The van der Waals surface area contributed by atoms with Gasteiger partial charge in [0.25, 0.3) is 0 Å². The van der Waals surface area contributed by atoms with Gasteiger partial charge in [0, 0.05) is 24.6 Å². The van der Waals surface area contributed by atoms with E-state index in [9.17, 15) is 0 Å². The Bertz CT molecular complexity index is 505. The lowest BCUT2D eigenvalue weighted by molar-refractivity contribution is 0.302. The van der Waals surface area contributed by atoms with E-state index >= 15 is 0 Å². The summed E-state index contributed by atoms with van der Waals surface area (Å²) in [5.41, 5.74) is 2.70. The van der Waals surface area contributed by atoms with Crippen molar-refractivity contribution in [3.8, 4) is 0 Å². The van der Waals surface area contributed by atoms with E-state index in [4.69, 9.17) is 4.52 Å². The fourth-order valence-corrected chi connectivity index (χ4v) is 3.55. The predicted molar refractivity (Wildman–Crippen MR) is 91.7 cm³/mol. The zero-order chi connectivity index (χ0) is 16.2. The van der Waals surface area contributed by atoms with Crippen LogP contribution in [0.5, 0.6) is 0 Å². The minimum Gasteiger partial charge on any atom is -0.361 e. The van der Waals surface area contributed by atoms with E-state index in [1.54, 1.807) is 5.57 Å². The fraction of sp³-hybridized carbons (Fsp3) is 0.737.